The Morgan fingerprint density at radius 3 is 2.88 bits per heavy atom. The highest BCUT2D eigenvalue weighted by molar-refractivity contribution is 5.66. The molecule has 1 heterocycles. The quantitative estimate of drug-likeness (QED) is 0.788. The minimum absolute atomic E-state index is 0.237. The molecule has 3 rings (SSSR count). The van der Waals surface area contributed by atoms with E-state index in [4.69, 9.17) is 5.73 Å². The number of nitrogens with one attached hydrogen (secondary N) is 1. The van der Waals surface area contributed by atoms with Crippen molar-refractivity contribution in [2.45, 2.75) is 31.3 Å². The maximum absolute atomic E-state index is 13.1. The molecule has 0 aromatic heterocycles. The molecule has 3 N–H and O–H groups in total. The van der Waals surface area contributed by atoms with Gasteiger partial charge in [-0.05, 0) is 37.5 Å². The van der Waals surface area contributed by atoms with Gasteiger partial charge in [0, 0.05) is 25.2 Å². The molecule has 92 valence electrons. The third kappa shape index (κ3) is 2.36. The average Bonchev–Trinajstić information content (AvgIpc) is 3.05. The summed E-state index contributed by atoms with van der Waals surface area (Å²) in [7, 11) is 0. The molecule has 1 saturated carbocycles. The van der Waals surface area contributed by atoms with Gasteiger partial charge >= 0.3 is 0 Å². The minimum Gasteiger partial charge on any atom is -0.397 e. The van der Waals surface area contributed by atoms with E-state index in [-0.39, 0.29) is 5.82 Å². The summed E-state index contributed by atoms with van der Waals surface area (Å²) in [6, 6.07) is 5.71. The van der Waals surface area contributed by atoms with E-state index in [0.29, 0.717) is 11.7 Å². The van der Waals surface area contributed by atoms with Crippen LogP contribution in [0.1, 0.15) is 19.3 Å². The second kappa shape index (κ2) is 4.18. The van der Waals surface area contributed by atoms with Crippen molar-refractivity contribution in [1.82, 2.24) is 4.90 Å². The molecule has 1 unspecified atom stereocenters. The first-order valence-electron chi connectivity index (χ1n) is 6.28. The standard InChI is InChI=1S/C13H18FN3/c14-9-1-4-12(15)13(7-9)16-10-5-6-17(8-10)11-2-3-11/h1,4,7,10-11,16H,2-3,5-6,8,15H2. The van der Waals surface area contributed by atoms with Crippen molar-refractivity contribution in [3.63, 3.8) is 0 Å². The molecule has 1 saturated heterocycles. The van der Waals surface area contributed by atoms with E-state index < -0.39 is 0 Å². The molecule has 0 radical (unpaired) electrons. The fourth-order valence-electron chi connectivity index (χ4n) is 2.55. The normalized spacial score (nSPS) is 25.1. The zero-order valence-electron chi connectivity index (χ0n) is 9.82. The van der Waals surface area contributed by atoms with Crippen molar-refractivity contribution in [2.75, 3.05) is 24.1 Å². The Balaban J connectivity index is 1.64. The fourth-order valence-corrected chi connectivity index (χ4v) is 2.55. The molecule has 1 atom stereocenters. The lowest BCUT2D eigenvalue weighted by Crippen LogP contribution is -2.28. The van der Waals surface area contributed by atoms with Crippen molar-refractivity contribution in [1.29, 1.82) is 0 Å². The predicted molar refractivity (Wildman–Crippen MR) is 67.4 cm³/mol. The minimum atomic E-state index is -0.237. The zero-order valence-corrected chi connectivity index (χ0v) is 9.82. The summed E-state index contributed by atoms with van der Waals surface area (Å²) in [5, 5.41) is 3.36. The first-order valence-corrected chi connectivity index (χ1v) is 6.28. The van der Waals surface area contributed by atoms with Gasteiger partial charge in [-0.15, -0.1) is 0 Å². The third-order valence-electron chi connectivity index (χ3n) is 3.66. The second-order valence-electron chi connectivity index (χ2n) is 5.09. The molecule has 1 aliphatic heterocycles. The molecule has 0 spiro atoms. The number of anilines is 2. The van der Waals surface area contributed by atoms with E-state index in [1.165, 1.54) is 25.0 Å². The van der Waals surface area contributed by atoms with Crippen LogP contribution in [0.3, 0.4) is 0 Å². The van der Waals surface area contributed by atoms with E-state index in [1.807, 2.05) is 0 Å². The number of rotatable bonds is 3. The lowest BCUT2D eigenvalue weighted by atomic mass is 10.2. The van der Waals surface area contributed by atoms with E-state index >= 15 is 0 Å². The van der Waals surface area contributed by atoms with Crippen LogP contribution in [0.15, 0.2) is 18.2 Å². The van der Waals surface area contributed by atoms with E-state index in [9.17, 15) is 4.39 Å². The molecule has 2 aliphatic rings. The summed E-state index contributed by atoms with van der Waals surface area (Å²) in [4.78, 5) is 2.52. The number of halogens is 1. The van der Waals surface area contributed by atoms with Gasteiger partial charge in [0.05, 0.1) is 11.4 Å². The van der Waals surface area contributed by atoms with Crippen LogP contribution in [0, 0.1) is 5.82 Å². The van der Waals surface area contributed by atoms with Gasteiger partial charge in [0.15, 0.2) is 0 Å². The third-order valence-corrected chi connectivity index (χ3v) is 3.66. The zero-order chi connectivity index (χ0) is 11.8. The lowest BCUT2D eigenvalue weighted by molar-refractivity contribution is 0.326. The summed E-state index contributed by atoms with van der Waals surface area (Å²) < 4.78 is 13.1. The largest absolute Gasteiger partial charge is 0.397 e. The number of nitrogens with two attached hydrogens (primary N) is 1. The molecule has 17 heavy (non-hydrogen) atoms. The summed E-state index contributed by atoms with van der Waals surface area (Å²) in [5.74, 6) is -0.237. The molecule has 0 amide bonds. The Morgan fingerprint density at radius 1 is 1.29 bits per heavy atom. The maximum atomic E-state index is 13.1. The highest BCUT2D eigenvalue weighted by Gasteiger charge is 2.34. The lowest BCUT2D eigenvalue weighted by Gasteiger charge is -2.17. The Labute approximate surface area is 101 Å². The van der Waals surface area contributed by atoms with Crippen LogP contribution < -0.4 is 11.1 Å². The van der Waals surface area contributed by atoms with Crippen LogP contribution >= 0.6 is 0 Å². The van der Waals surface area contributed by atoms with Crippen LogP contribution in [-0.4, -0.2) is 30.1 Å². The maximum Gasteiger partial charge on any atom is 0.125 e. The van der Waals surface area contributed by atoms with E-state index in [2.05, 4.69) is 10.2 Å². The molecule has 0 bridgehead atoms. The highest BCUT2D eigenvalue weighted by atomic mass is 19.1. The Bertz CT molecular complexity index is 417. The first-order chi connectivity index (χ1) is 8.22. The van der Waals surface area contributed by atoms with Gasteiger partial charge in [-0.25, -0.2) is 4.39 Å². The summed E-state index contributed by atoms with van der Waals surface area (Å²) in [5.41, 5.74) is 7.18. The Hall–Kier alpha value is -1.29. The topological polar surface area (TPSA) is 41.3 Å². The molecule has 4 heteroatoms. The molecule has 1 aliphatic carbocycles. The van der Waals surface area contributed by atoms with Gasteiger partial charge in [0.25, 0.3) is 0 Å². The van der Waals surface area contributed by atoms with Gasteiger partial charge in [0.1, 0.15) is 5.82 Å². The summed E-state index contributed by atoms with van der Waals surface area (Å²) >= 11 is 0. The van der Waals surface area contributed by atoms with Crippen molar-refractivity contribution in [2.24, 2.45) is 0 Å². The van der Waals surface area contributed by atoms with Crippen LogP contribution in [0.25, 0.3) is 0 Å². The van der Waals surface area contributed by atoms with Gasteiger partial charge in [-0.2, -0.15) is 0 Å². The molecule has 2 fully saturated rings. The second-order valence-corrected chi connectivity index (χ2v) is 5.09. The number of nitrogens with zero attached hydrogens (tertiary/aromatic N) is 1. The van der Waals surface area contributed by atoms with Gasteiger partial charge < -0.3 is 11.1 Å². The van der Waals surface area contributed by atoms with Gasteiger partial charge in [-0.1, -0.05) is 0 Å². The van der Waals surface area contributed by atoms with Crippen LogP contribution in [0.5, 0.6) is 0 Å². The number of hydrogen-bond acceptors (Lipinski definition) is 3. The predicted octanol–water partition coefficient (Wildman–Crippen LogP) is 2.06. The van der Waals surface area contributed by atoms with E-state index in [0.717, 1.165) is 31.2 Å². The van der Waals surface area contributed by atoms with Crippen LogP contribution in [0.4, 0.5) is 15.8 Å². The number of nitrogen functional groups attached to an aromatic ring is 1. The smallest absolute Gasteiger partial charge is 0.125 e. The number of hydrogen-bond donors (Lipinski definition) is 2. The molecular formula is C13H18FN3. The summed E-state index contributed by atoms with van der Waals surface area (Å²) in [6.45, 7) is 2.21. The van der Waals surface area contributed by atoms with Crippen molar-refractivity contribution < 1.29 is 4.39 Å². The Morgan fingerprint density at radius 2 is 2.12 bits per heavy atom. The molecule has 1 aromatic rings. The summed E-state index contributed by atoms with van der Waals surface area (Å²) in [6.07, 6.45) is 3.80. The highest BCUT2D eigenvalue weighted by Crippen LogP contribution is 2.31. The van der Waals surface area contributed by atoms with E-state index in [1.54, 1.807) is 6.07 Å². The monoisotopic (exact) mass is 235 g/mol. The Kier molecular flexibility index (Phi) is 2.67. The molecule has 1 aromatic carbocycles. The first kappa shape index (κ1) is 10.8. The van der Waals surface area contributed by atoms with Gasteiger partial charge in [-0.3, -0.25) is 4.90 Å². The molecule has 3 nitrogen and oxygen atoms in total. The average molecular weight is 235 g/mol. The SMILES string of the molecule is Nc1ccc(F)cc1NC1CCN(C2CC2)C1. The van der Waals surface area contributed by atoms with Crippen molar-refractivity contribution in [3.05, 3.63) is 24.0 Å². The van der Waals surface area contributed by atoms with Gasteiger partial charge in [0.2, 0.25) is 0 Å². The van der Waals surface area contributed by atoms with Crippen LogP contribution in [-0.2, 0) is 0 Å². The number of likely N-dealkylation sites (tertiary alicyclic amines) is 1. The van der Waals surface area contributed by atoms with Crippen LogP contribution in [0.2, 0.25) is 0 Å². The molecular weight excluding hydrogens is 217 g/mol. The fraction of sp³-hybridized carbons (Fsp3) is 0.538. The van der Waals surface area contributed by atoms with Crippen molar-refractivity contribution in [3.8, 4) is 0 Å². The van der Waals surface area contributed by atoms with Crippen molar-refractivity contribution >= 4 is 11.4 Å². The number of benzene rings is 1.